The summed E-state index contributed by atoms with van der Waals surface area (Å²) >= 11 is 8.52. The molecule has 0 radical (unpaired) electrons. The molecule has 0 aromatic heterocycles. The van der Waals surface area contributed by atoms with E-state index in [9.17, 15) is 0 Å². The van der Waals surface area contributed by atoms with Gasteiger partial charge in [-0.15, -0.1) is 0 Å². The zero-order valence-electron chi connectivity index (χ0n) is 8.23. The smallest absolute Gasteiger partial charge is 0.170 e. The number of thiocarbonyl (C=S) groups is 1. The van der Waals surface area contributed by atoms with Gasteiger partial charge in [0.2, 0.25) is 0 Å². The Morgan fingerprint density at radius 3 is 2.86 bits per heavy atom. The summed E-state index contributed by atoms with van der Waals surface area (Å²) in [5.41, 5.74) is 2.21. The van der Waals surface area contributed by atoms with Crippen molar-refractivity contribution in [3.8, 4) is 0 Å². The molecule has 0 heterocycles. The highest BCUT2D eigenvalue weighted by molar-refractivity contribution is 9.10. The van der Waals surface area contributed by atoms with Crippen LogP contribution >= 0.6 is 28.1 Å². The summed E-state index contributed by atoms with van der Waals surface area (Å²) in [5.74, 6) is 0. The van der Waals surface area contributed by atoms with E-state index < -0.39 is 0 Å². The number of anilines is 1. The number of rotatable bonds is 2. The van der Waals surface area contributed by atoms with Crippen molar-refractivity contribution in [3.05, 3.63) is 28.2 Å². The largest absolute Gasteiger partial charge is 0.363 e. The molecule has 0 unspecified atom stereocenters. The number of nitrogens with one attached hydrogen (secondary N) is 2. The molecule has 0 bridgehead atoms. The number of hydrogen-bond donors (Lipinski definition) is 2. The number of aryl methyl sites for hydroxylation is 1. The van der Waals surface area contributed by atoms with Crippen molar-refractivity contribution in [2.75, 3.05) is 11.9 Å². The fourth-order valence-electron chi connectivity index (χ4n) is 1.06. The molecular weight excluding hydrogens is 260 g/mol. The Morgan fingerprint density at radius 2 is 2.21 bits per heavy atom. The first kappa shape index (κ1) is 11.5. The minimum Gasteiger partial charge on any atom is -0.363 e. The highest BCUT2D eigenvalue weighted by atomic mass is 79.9. The maximum atomic E-state index is 5.10. The third-order valence-electron chi connectivity index (χ3n) is 1.79. The molecule has 1 aromatic rings. The van der Waals surface area contributed by atoms with E-state index in [2.05, 4.69) is 26.6 Å². The maximum Gasteiger partial charge on any atom is 0.170 e. The van der Waals surface area contributed by atoms with Crippen LogP contribution in [0.1, 0.15) is 12.5 Å². The number of benzene rings is 1. The molecule has 0 aliphatic carbocycles. The van der Waals surface area contributed by atoms with Gasteiger partial charge in [0.1, 0.15) is 0 Å². The van der Waals surface area contributed by atoms with E-state index in [1.807, 2.05) is 32.0 Å². The normalized spacial score (nSPS) is 9.64. The average molecular weight is 273 g/mol. The lowest BCUT2D eigenvalue weighted by molar-refractivity contribution is 0.979. The first-order valence-electron chi connectivity index (χ1n) is 4.44. The van der Waals surface area contributed by atoms with Crippen LogP contribution in [-0.2, 0) is 0 Å². The Morgan fingerprint density at radius 1 is 1.50 bits per heavy atom. The third-order valence-corrected chi connectivity index (χ3v) is 2.52. The zero-order chi connectivity index (χ0) is 10.6. The van der Waals surface area contributed by atoms with Crippen LogP contribution in [0.15, 0.2) is 22.7 Å². The second kappa shape index (κ2) is 5.32. The van der Waals surface area contributed by atoms with Gasteiger partial charge < -0.3 is 10.6 Å². The fourth-order valence-corrected chi connectivity index (χ4v) is 1.67. The Kier molecular flexibility index (Phi) is 4.35. The Hall–Kier alpha value is -0.610. The van der Waals surface area contributed by atoms with Gasteiger partial charge in [-0.3, -0.25) is 0 Å². The lowest BCUT2D eigenvalue weighted by atomic mass is 10.2. The SMILES string of the molecule is CCNC(=S)Nc1cc(Br)ccc1C. The van der Waals surface area contributed by atoms with Crippen molar-refractivity contribution >= 4 is 38.9 Å². The Bertz CT molecular complexity index is 339. The molecule has 2 nitrogen and oxygen atoms in total. The van der Waals surface area contributed by atoms with E-state index in [0.717, 1.165) is 16.7 Å². The average Bonchev–Trinajstić information content (AvgIpc) is 2.12. The molecule has 0 aliphatic heterocycles. The van der Waals surface area contributed by atoms with Crippen LogP contribution in [0, 0.1) is 6.92 Å². The highest BCUT2D eigenvalue weighted by Gasteiger charge is 2.00. The van der Waals surface area contributed by atoms with E-state index in [-0.39, 0.29) is 0 Å². The predicted octanol–water partition coefficient (Wildman–Crippen LogP) is 3.06. The molecule has 0 saturated carbocycles. The summed E-state index contributed by atoms with van der Waals surface area (Å²) in [6.07, 6.45) is 0. The van der Waals surface area contributed by atoms with Crippen LogP contribution in [0.2, 0.25) is 0 Å². The van der Waals surface area contributed by atoms with Crippen LogP contribution < -0.4 is 10.6 Å². The molecule has 4 heteroatoms. The summed E-state index contributed by atoms with van der Waals surface area (Å²) in [6.45, 7) is 4.89. The topological polar surface area (TPSA) is 24.1 Å². The molecular formula is C10H13BrN2S. The van der Waals surface area contributed by atoms with Gasteiger partial charge in [0.25, 0.3) is 0 Å². The van der Waals surface area contributed by atoms with Gasteiger partial charge in [0, 0.05) is 16.7 Å². The van der Waals surface area contributed by atoms with Gasteiger partial charge in [-0.05, 0) is 43.8 Å². The molecule has 0 aliphatic rings. The second-order valence-corrected chi connectivity index (χ2v) is 4.27. The molecule has 2 N–H and O–H groups in total. The van der Waals surface area contributed by atoms with Crippen LogP contribution in [0.5, 0.6) is 0 Å². The van der Waals surface area contributed by atoms with Gasteiger partial charge in [0.05, 0.1) is 0 Å². The lowest BCUT2D eigenvalue weighted by Gasteiger charge is -2.11. The van der Waals surface area contributed by atoms with E-state index in [0.29, 0.717) is 5.11 Å². The molecule has 0 fully saturated rings. The molecule has 0 spiro atoms. The van der Waals surface area contributed by atoms with E-state index in [1.54, 1.807) is 0 Å². The first-order valence-corrected chi connectivity index (χ1v) is 5.64. The van der Waals surface area contributed by atoms with Gasteiger partial charge in [0.15, 0.2) is 5.11 Å². The maximum absolute atomic E-state index is 5.10. The summed E-state index contributed by atoms with van der Waals surface area (Å²) in [5, 5.41) is 6.85. The minimum absolute atomic E-state index is 0.661. The summed E-state index contributed by atoms with van der Waals surface area (Å²) in [4.78, 5) is 0. The van der Waals surface area contributed by atoms with Crippen molar-refractivity contribution < 1.29 is 0 Å². The second-order valence-electron chi connectivity index (χ2n) is 2.94. The van der Waals surface area contributed by atoms with Crippen molar-refractivity contribution in [1.82, 2.24) is 5.32 Å². The number of halogens is 1. The van der Waals surface area contributed by atoms with E-state index in [1.165, 1.54) is 5.56 Å². The quantitative estimate of drug-likeness (QED) is 0.810. The minimum atomic E-state index is 0.661. The van der Waals surface area contributed by atoms with Crippen molar-refractivity contribution in [3.63, 3.8) is 0 Å². The number of hydrogen-bond acceptors (Lipinski definition) is 1. The fraction of sp³-hybridized carbons (Fsp3) is 0.300. The Balaban J connectivity index is 2.75. The predicted molar refractivity (Wildman–Crippen MR) is 68.8 cm³/mol. The van der Waals surface area contributed by atoms with Gasteiger partial charge in [-0.1, -0.05) is 22.0 Å². The third kappa shape index (κ3) is 3.27. The van der Waals surface area contributed by atoms with Gasteiger partial charge >= 0.3 is 0 Å². The van der Waals surface area contributed by atoms with Gasteiger partial charge in [-0.25, -0.2) is 0 Å². The molecule has 1 rings (SSSR count). The molecule has 76 valence electrons. The van der Waals surface area contributed by atoms with Crippen LogP contribution in [0.25, 0.3) is 0 Å². The summed E-state index contributed by atoms with van der Waals surface area (Å²) < 4.78 is 1.05. The monoisotopic (exact) mass is 272 g/mol. The molecule has 0 atom stereocenters. The van der Waals surface area contributed by atoms with Crippen LogP contribution in [0.3, 0.4) is 0 Å². The highest BCUT2D eigenvalue weighted by Crippen LogP contribution is 2.20. The Labute approximate surface area is 98.2 Å². The molecule has 0 saturated heterocycles. The van der Waals surface area contributed by atoms with Crippen molar-refractivity contribution in [2.24, 2.45) is 0 Å². The van der Waals surface area contributed by atoms with E-state index >= 15 is 0 Å². The van der Waals surface area contributed by atoms with Crippen LogP contribution in [0.4, 0.5) is 5.69 Å². The molecule has 0 amide bonds. The van der Waals surface area contributed by atoms with Crippen molar-refractivity contribution in [2.45, 2.75) is 13.8 Å². The summed E-state index contributed by atoms with van der Waals surface area (Å²) in [6, 6.07) is 6.07. The van der Waals surface area contributed by atoms with Crippen LogP contribution in [-0.4, -0.2) is 11.7 Å². The van der Waals surface area contributed by atoms with E-state index in [4.69, 9.17) is 12.2 Å². The molecule has 14 heavy (non-hydrogen) atoms. The van der Waals surface area contributed by atoms with Gasteiger partial charge in [-0.2, -0.15) is 0 Å². The first-order chi connectivity index (χ1) is 6.63. The standard InChI is InChI=1S/C10H13BrN2S/c1-3-12-10(14)13-9-6-8(11)5-4-7(9)2/h4-6H,3H2,1-2H3,(H2,12,13,14). The summed E-state index contributed by atoms with van der Waals surface area (Å²) in [7, 11) is 0. The molecule has 1 aromatic carbocycles. The zero-order valence-corrected chi connectivity index (χ0v) is 10.6. The lowest BCUT2D eigenvalue weighted by Crippen LogP contribution is -2.28. The van der Waals surface area contributed by atoms with Crippen molar-refractivity contribution in [1.29, 1.82) is 0 Å².